The normalized spacial score (nSPS) is 11.6. The molecule has 0 amide bonds. The molecule has 0 aliphatic carbocycles. The highest BCUT2D eigenvalue weighted by Gasteiger charge is 1.96. The number of nitrogens with zero attached hydrogens (tertiary/aromatic N) is 2. The van der Waals surface area contributed by atoms with Crippen molar-refractivity contribution in [3.63, 3.8) is 0 Å². The fourth-order valence-electron chi connectivity index (χ4n) is 1.84. The molecule has 0 atom stereocenters. The Balaban J connectivity index is 1.68. The molecule has 3 aromatic rings. The molecule has 23 heavy (non-hydrogen) atoms. The Labute approximate surface area is 148 Å². The van der Waals surface area contributed by atoms with Crippen molar-refractivity contribution >= 4 is 58.3 Å². The summed E-state index contributed by atoms with van der Waals surface area (Å²) in [6.07, 6.45) is 3.68. The molecule has 0 fully saturated rings. The minimum Gasteiger partial charge on any atom is -0.255 e. The first-order valence-corrected chi connectivity index (χ1v) is 8.45. The van der Waals surface area contributed by atoms with E-state index in [9.17, 15) is 0 Å². The van der Waals surface area contributed by atoms with Crippen molar-refractivity contribution in [1.29, 1.82) is 0 Å². The van der Waals surface area contributed by atoms with Crippen LogP contribution in [-0.4, -0.2) is 12.4 Å². The molecule has 0 saturated heterocycles. The van der Waals surface area contributed by atoms with Gasteiger partial charge in [-0.3, -0.25) is 9.98 Å². The number of hydrogen-bond acceptors (Lipinski definition) is 3. The lowest BCUT2D eigenvalue weighted by atomic mass is 10.3. The Morgan fingerprint density at radius 3 is 1.39 bits per heavy atom. The van der Waals surface area contributed by atoms with Gasteiger partial charge in [0.1, 0.15) is 0 Å². The van der Waals surface area contributed by atoms with E-state index in [0.29, 0.717) is 10.0 Å². The first-order chi connectivity index (χ1) is 11.2. The topological polar surface area (TPSA) is 24.7 Å². The fraction of sp³-hybridized carbons (Fsp3) is 0. The van der Waals surface area contributed by atoms with Crippen LogP contribution in [-0.2, 0) is 0 Å². The molecule has 0 aliphatic rings. The number of hydrogen-bond donors (Lipinski definition) is 0. The molecule has 0 spiro atoms. The van der Waals surface area contributed by atoms with Gasteiger partial charge >= 0.3 is 0 Å². The van der Waals surface area contributed by atoms with Crippen LogP contribution in [0.15, 0.2) is 70.6 Å². The largest absolute Gasteiger partial charge is 0.255 e. The first-order valence-electron chi connectivity index (χ1n) is 6.88. The van der Waals surface area contributed by atoms with E-state index in [1.807, 2.05) is 73.1 Å². The zero-order valence-electron chi connectivity index (χ0n) is 12.0. The number of rotatable bonds is 4. The molecule has 1 heterocycles. The van der Waals surface area contributed by atoms with Gasteiger partial charge in [0.25, 0.3) is 0 Å². The van der Waals surface area contributed by atoms with Crippen LogP contribution in [0.25, 0.3) is 0 Å². The van der Waals surface area contributed by atoms with Crippen molar-refractivity contribution in [2.75, 3.05) is 0 Å². The van der Waals surface area contributed by atoms with Crippen LogP contribution < -0.4 is 0 Å². The monoisotopic (exact) mass is 358 g/mol. The Kier molecular flexibility index (Phi) is 5.23. The minimum atomic E-state index is 0.709. The van der Waals surface area contributed by atoms with Crippen LogP contribution in [0.5, 0.6) is 0 Å². The maximum atomic E-state index is 5.85. The van der Waals surface area contributed by atoms with Crippen molar-refractivity contribution in [3.8, 4) is 0 Å². The zero-order valence-corrected chi connectivity index (χ0v) is 14.3. The number of benzene rings is 2. The van der Waals surface area contributed by atoms with Crippen molar-refractivity contribution in [1.82, 2.24) is 0 Å². The summed E-state index contributed by atoms with van der Waals surface area (Å²) in [5, 5.41) is 1.42. The average molecular weight is 359 g/mol. The molecule has 2 nitrogen and oxygen atoms in total. The van der Waals surface area contributed by atoms with Gasteiger partial charge in [-0.2, -0.15) is 0 Å². The summed E-state index contributed by atoms with van der Waals surface area (Å²) in [5.74, 6) is 0. The molecule has 3 rings (SSSR count). The lowest BCUT2D eigenvalue weighted by molar-refractivity contribution is 1.54. The lowest BCUT2D eigenvalue weighted by Gasteiger charge is -1.93. The third-order valence-electron chi connectivity index (χ3n) is 2.98. The van der Waals surface area contributed by atoms with Crippen molar-refractivity contribution in [2.24, 2.45) is 9.98 Å². The Hall–Kier alpha value is -1.94. The van der Waals surface area contributed by atoms with Gasteiger partial charge in [-0.05, 0) is 60.7 Å². The van der Waals surface area contributed by atoms with Gasteiger partial charge in [0, 0.05) is 32.2 Å². The minimum absolute atomic E-state index is 0.709. The molecule has 0 radical (unpaired) electrons. The van der Waals surface area contributed by atoms with Crippen LogP contribution in [0.1, 0.15) is 9.75 Å². The van der Waals surface area contributed by atoms with Gasteiger partial charge in [-0.25, -0.2) is 0 Å². The number of halogens is 2. The van der Waals surface area contributed by atoms with E-state index in [1.54, 1.807) is 11.3 Å². The van der Waals surface area contributed by atoms with E-state index in [1.165, 1.54) is 0 Å². The molecular weight excluding hydrogens is 347 g/mol. The summed E-state index contributed by atoms with van der Waals surface area (Å²) in [4.78, 5) is 11.0. The third kappa shape index (κ3) is 4.76. The molecule has 0 unspecified atom stereocenters. The number of aliphatic imine (C=N–C) groups is 2. The Bertz CT molecular complexity index is 764. The van der Waals surface area contributed by atoms with Gasteiger partial charge < -0.3 is 0 Å². The van der Waals surface area contributed by atoms with E-state index in [0.717, 1.165) is 21.1 Å². The highest BCUT2D eigenvalue weighted by molar-refractivity contribution is 7.15. The van der Waals surface area contributed by atoms with Crippen LogP contribution in [0.2, 0.25) is 10.0 Å². The Morgan fingerprint density at radius 2 is 1.00 bits per heavy atom. The van der Waals surface area contributed by atoms with Crippen molar-refractivity contribution in [3.05, 3.63) is 80.5 Å². The van der Waals surface area contributed by atoms with Gasteiger partial charge in [-0.1, -0.05) is 23.2 Å². The van der Waals surface area contributed by atoms with Gasteiger partial charge in [0.15, 0.2) is 0 Å². The number of thiophene rings is 1. The second-order valence-electron chi connectivity index (χ2n) is 4.71. The summed E-state index contributed by atoms with van der Waals surface area (Å²) >= 11 is 13.3. The average Bonchev–Trinajstić information content (AvgIpc) is 3.02. The summed E-state index contributed by atoms with van der Waals surface area (Å²) in [6.45, 7) is 0. The quantitative estimate of drug-likeness (QED) is 0.472. The fourth-order valence-corrected chi connectivity index (χ4v) is 2.84. The van der Waals surface area contributed by atoms with Crippen LogP contribution in [0, 0.1) is 0 Å². The SMILES string of the molecule is Clc1ccc(N=Cc2ccc(C=Nc3ccc(Cl)cc3)s2)cc1. The van der Waals surface area contributed by atoms with Crippen molar-refractivity contribution in [2.45, 2.75) is 0 Å². The summed E-state index contributed by atoms with van der Waals surface area (Å²) in [5.41, 5.74) is 1.75. The predicted molar refractivity (Wildman–Crippen MR) is 102 cm³/mol. The van der Waals surface area contributed by atoms with Crippen LogP contribution in [0.3, 0.4) is 0 Å². The van der Waals surface area contributed by atoms with Gasteiger partial charge in [0.05, 0.1) is 11.4 Å². The predicted octanol–water partition coefficient (Wildman–Crippen LogP) is 6.56. The summed E-state index contributed by atoms with van der Waals surface area (Å²) < 4.78 is 0. The van der Waals surface area contributed by atoms with E-state index in [2.05, 4.69) is 9.98 Å². The second-order valence-corrected chi connectivity index (χ2v) is 6.73. The highest BCUT2D eigenvalue weighted by Crippen LogP contribution is 2.20. The molecule has 0 saturated carbocycles. The van der Waals surface area contributed by atoms with E-state index in [-0.39, 0.29) is 0 Å². The maximum absolute atomic E-state index is 5.85. The molecule has 2 aromatic carbocycles. The molecular formula is C18H12Cl2N2S. The standard InChI is InChI=1S/C18H12Cl2N2S/c19-13-1-5-15(6-2-13)21-11-17-9-10-18(23-17)12-22-16-7-3-14(20)4-8-16/h1-12H. The van der Waals surface area contributed by atoms with E-state index < -0.39 is 0 Å². The van der Waals surface area contributed by atoms with Crippen LogP contribution in [0.4, 0.5) is 11.4 Å². The van der Waals surface area contributed by atoms with Gasteiger partial charge in [-0.15, -0.1) is 11.3 Å². The summed E-state index contributed by atoms with van der Waals surface area (Å²) in [7, 11) is 0. The first kappa shape index (κ1) is 15.9. The molecule has 0 aliphatic heterocycles. The summed E-state index contributed by atoms with van der Waals surface area (Å²) in [6, 6.07) is 18.9. The van der Waals surface area contributed by atoms with Crippen molar-refractivity contribution < 1.29 is 0 Å². The molecule has 1 aromatic heterocycles. The maximum Gasteiger partial charge on any atom is 0.0631 e. The molecule has 0 bridgehead atoms. The molecule has 0 N–H and O–H groups in total. The Morgan fingerprint density at radius 1 is 0.609 bits per heavy atom. The third-order valence-corrected chi connectivity index (χ3v) is 4.44. The molecule has 114 valence electrons. The smallest absolute Gasteiger partial charge is 0.0631 e. The highest BCUT2D eigenvalue weighted by atomic mass is 35.5. The lowest BCUT2D eigenvalue weighted by Crippen LogP contribution is -1.73. The zero-order chi connectivity index (χ0) is 16.1. The van der Waals surface area contributed by atoms with E-state index in [4.69, 9.17) is 23.2 Å². The van der Waals surface area contributed by atoms with Gasteiger partial charge in [0.2, 0.25) is 0 Å². The van der Waals surface area contributed by atoms with E-state index >= 15 is 0 Å². The molecule has 5 heteroatoms. The second kappa shape index (κ2) is 7.55. The van der Waals surface area contributed by atoms with Crippen LogP contribution >= 0.6 is 34.5 Å².